The zero-order valence-corrected chi connectivity index (χ0v) is 10.7. The number of nitrogens with zero attached hydrogens (tertiary/aromatic N) is 1. The molecule has 3 rings (SSSR count). The first-order valence-electron chi connectivity index (χ1n) is 6.31. The quantitative estimate of drug-likeness (QED) is 0.894. The Labute approximate surface area is 112 Å². The van der Waals surface area contributed by atoms with Crippen LogP contribution in [-0.2, 0) is 6.42 Å². The third-order valence-electron chi connectivity index (χ3n) is 3.78. The lowest BCUT2D eigenvalue weighted by molar-refractivity contribution is 0.0697. The Morgan fingerprint density at radius 3 is 2.63 bits per heavy atom. The molecule has 0 fully saturated rings. The van der Waals surface area contributed by atoms with Gasteiger partial charge in [-0.15, -0.1) is 0 Å². The number of aromatic carboxylic acids is 1. The van der Waals surface area contributed by atoms with Crippen molar-refractivity contribution in [3.63, 3.8) is 0 Å². The van der Waals surface area contributed by atoms with Crippen molar-refractivity contribution < 1.29 is 9.90 Å². The molecule has 0 amide bonds. The van der Waals surface area contributed by atoms with Gasteiger partial charge in [0, 0.05) is 12.7 Å². The maximum Gasteiger partial charge on any atom is 0.335 e. The molecule has 1 aliphatic heterocycles. The van der Waals surface area contributed by atoms with Crippen LogP contribution < -0.4 is 4.90 Å². The van der Waals surface area contributed by atoms with Gasteiger partial charge in [-0.2, -0.15) is 0 Å². The van der Waals surface area contributed by atoms with E-state index in [0.717, 1.165) is 12.1 Å². The van der Waals surface area contributed by atoms with Gasteiger partial charge < -0.3 is 10.0 Å². The molecule has 1 unspecified atom stereocenters. The third-order valence-corrected chi connectivity index (χ3v) is 3.78. The summed E-state index contributed by atoms with van der Waals surface area (Å²) in [5.74, 6) is -0.876. The number of anilines is 1. The Hall–Kier alpha value is -2.29. The lowest BCUT2D eigenvalue weighted by Crippen LogP contribution is -2.19. The highest BCUT2D eigenvalue weighted by Gasteiger charge is 2.28. The number of carboxylic acids is 1. The van der Waals surface area contributed by atoms with Crippen molar-refractivity contribution in [2.75, 3.05) is 11.9 Å². The highest BCUT2D eigenvalue weighted by atomic mass is 16.4. The van der Waals surface area contributed by atoms with E-state index in [4.69, 9.17) is 5.11 Å². The zero-order chi connectivity index (χ0) is 13.4. The summed E-state index contributed by atoms with van der Waals surface area (Å²) in [5.41, 5.74) is 3.84. The van der Waals surface area contributed by atoms with Crippen LogP contribution in [0.4, 0.5) is 5.69 Å². The van der Waals surface area contributed by atoms with Crippen LogP contribution in [0.25, 0.3) is 0 Å². The summed E-state index contributed by atoms with van der Waals surface area (Å²) in [5, 5.41) is 9.07. The second-order valence-electron chi connectivity index (χ2n) is 4.89. The van der Waals surface area contributed by atoms with Crippen LogP contribution in [0.1, 0.15) is 27.5 Å². The van der Waals surface area contributed by atoms with E-state index in [2.05, 4.69) is 17.0 Å². The molecule has 0 radical (unpaired) electrons. The van der Waals surface area contributed by atoms with E-state index < -0.39 is 5.97 Å². The number of hydrogen-bond donors (Lipinski definition) is 1. The molecule has 2 aromatic carbocycles. The minimum atomic E-state index is -0.876. The first-order chi connectivity index (χ1) is 9.16. The maximum absolute atomic E-state index is 11.0. The molecule has 3 heteroatoms. The smallest absolute Gasteiger partial charge is 0.335 e. The van der Waals surface area contributed by atoms with Gasteiger partial charge in [0.15, 0.2) is 0 Å². The summed E-state index contributed by atoms with van der Waals surface area (Å²) >= 11 is 0. The molecule has 0 bridgehead atoms. The Morgan fingerprint density at radius 1 is 1.21 bits per heavy atom. The number of benzene rings is 2. The van der Waals surface area contributed by atoms with E-state index in [1.165, 1.54) is 11.1 Å². The number of carbonyl (C=O) groups is 1. The Morgan fingerprint density at radius 2 is 1.95 bits per heavy atom. The molecule has 0 aliphatic carbocycles. The van der Waals surface area contributed by atoms with E-state index in [0.29, 0.717) is 11.6 Å². The van der Waals surface area contributed by atoms with Crippen LogP contribution in [-0.4, -0.2) is 18.1 Å². The fourth-order valence-corrected chi connectivity index (χ4v) is 2.73. The molecule has 0 saturated heterocycles. The molecule has 0 saturated carbocycles. The van der Waals surface area contributed by atoms with Crippen molar-refractivity contribution in [1.29, 1.82) is 0 Å². The number of fused-ring (bicyclic) bond motifs is 1. The first-order valence-corrected chi connectivity index (χ1v) is 6.31. The van der Waals surface area contributed by atoms with Crippen molar-refractivity contribution in [3.8, 4) is 0 Å². The van der Waals surface area contributed by atoms with Crippen LogP contribution >= 0.6 is 0 Å². The third kappa shape index (κ3) is 1.97. The van der Waals surface area contributed by atoms with Crippen molar-refractivity contribution >= 4 is 11.7 Å². The minimum Gasteiger partial charge on any atom is -0.478 e. The van der Waals surface area contributed by atoms with Crippen molar-refractivity contribution in [1.82, 2.24) is 0 Å². The summed E-state index contributed by atoms with van der Waals surface area (Å²) in [6.07, 6.45) is 0.926. The summed E-state index contributed by atoms with van der Waals surface area (Å²) < 4.78 is 0. The predicted octanol–water partition coefficient (Wildman–Crippen LogP) is 3.12. The first kappa shape index (κ1) is 11.8. The molecular weight excluding hydrogens is 238 g/mol. The normalized spacial score (nSPS) is 17.3. The summed E-state index contributed by atoms with van der Waals surface area (Å²) in [4.78, 5) is 13.2. The fraction of sp³-hybridized carbons (Fsp3) is 0.188. The van der Waals surface area contributed by atoms with Crippen LogP contribution in [0.2, 0.25) is 0 Å². The summed E-state index contributed by atoms with van der Waals surface area (Å²) in [7, 11) is 2.02. The van der Waals surface area contributed by atoms with Crippen LogP contribution in [0.3, 0.4) is 0 Å². The lowest BCUT2D eigenvalue weighted by Gasteiger charge is -2.23. The number of rotatable bonds is 2. The van der Waals surface area contributed by atoms with Gasteiger partial charge in [0.05, 0.1) is 11.6 Å². The van der Waals surface area contributed by atoms with Gasteiger partial charge in [0.1, 0.15) is 0 Å². The molecule has 1 aliphatic rings. The van der Waals surface area contributed by atoms with Gasteiger partial charge in [-0.3, -0.25) is 0 Å². The van der Waals surface area contributed by atoms with E-state index >= 15 is 0 Å². The summed E-state index contributed by atoms with van der Waals surface area (Å²) in [6.45, 7) is 0. The molecule has 1 atom stereocenters. The monoisotopic (exact) mass is 253 g/mol. The molecule has 0 spiro atoms. The molecule has 2 aromatic rings. The standard InChI is InChI=1S/C16H15NO2/c1-17-14(11-5-3-2-4-6-11)9-12-7-8-13(16(18)19)10-15(12)17/h2-8,10,14H,9H2,1H3,(H,18,19). The SMILES string of the molecule is CN1c2cc(C(=O)O)ccc2CC1c1ccccc1. The topological polar surface area (TPSA) is 40.5 Å². The average molecular weight is 253 g/mol. The molecule has 0 aromatic heterocycles. The van der Waals surface area contributed by atoms with Gasteiger partial charge >= 0.3 is 5.97 Å². The van der Waals surface area contributed by atoms with E-state index in [1.807, 2.05) is 31.3 Å². The number of likely N-dealkylation sites (N-methyl/N-ethyl adjacent to an activating group) is 1. The Balaban J connectivity index is 1.98. The maximum atomic E-state index is 11.0. The van der Waals surface area contributed by atoms with Crippen molar-refractivity contribution in [2.24, 2.45) is 0 Å². The number of carboxylic acid groups (broad SMARTS) is 1. The molecule has 1 N–H and O–H groups in total. The van der Waals surface area contributed by atoms with E-state index in [9.17, 15) is 4.79 Å². The van der Waals surface area contributed by atoms with Gasteiger partial charge in [-0.05, 0) is 29.7 Å². The van der Waals surface area contributed by atoms with Crippen LogP contribution in [0, 0.1) is 0 Å². The second kappa shape index (κ2) is 4.43. The zero-order valence-electron chi connectivity index (χ0n) is 10.7. The predicted molar refractivity (Wildman–Crippen MR) is 74.7 cm³/mol. The summed E-state index contributed by atoms with van der Waals surface area (Å²) in [6, 6.07) is 16.0. The Bertz CT molecular complexity index is 622. The van der Waals surface area contributed by atoms with E-state index in [-0.39, 0.29) is 0 Å². The lowest BCUT2D eigenvalue weighted by atomic mass is 10.0. The van der Waals surface area contributed by atoms with Gasteiger partial charge in [-0.25, -0.2) is 4.79 Å². The molecule has 19 heavy (non-hydrogen) atoms. The molecule has 96 valence electrons. The van der Waals surface area contributed by atoms with Crippen LogP contribution in [0.15, 0.2) is 48.5 Å². The Kier molecular flexibility index (Phi) is 2.75. The number of hydrogen-bond acceptors (Lipinski definition) is 2. The van der Waals surface area contributed by atoms with Crippen LogP contribution in [0.5, 0.6) is 0 Å². The van der Waals surface area contributed by atoms with Crippen molar-refractivity contribution in [2.45, 2.75) is 12.5 Å². The highest BCUT2D eigenvalue weighted by molar-refractivity contribution is 5.89. The second-order valence-corrected chi connectivity index (χ2v) is 4.89. The molecule has 1 heterocycles. The largest absolute Gasteiger partial charge is 0.478 e. The molecular formula is C16H15NO2. The van der Waals surface area contributed by atoms with Crippen molar-refractivity contribution in [3.05, 3.63) is 65.2 Å². The van der Waals surface area contributed by atoms with Gasteiger partial charge in [-0.1, -0.05) is 36.4 Å². The van der Waals surface area contributed by atoms with Gasteiger partial charge in [0.2, 0.25) is 0 Å². The van der Waals surface area contributed by atoms with E-state index in [1.54, 1.807) is 12.1 Å². The fourth-order valence-electron chi connectivity index (χ4n) is 2.73. The minimum absolute atomic E-state index is 0.292. The highest BCUT2D eigenvalue weighted by Crippen LogP contribution is 2.39. The average Bonchev–Trinajstić information content (AvgIpc) is 2.77. The van der Waals surface area contributed by atoms with Gasteiger partial charge in [0.25, 0.3) is 0 Å². The molecule has 3 nitrogen and oxygen atoms in total.